The second-order valence-corrected chi connectivity index (χ2v) is 5.57. The maximum absolute atomic E-state index is 12.6. The highest BCUT2D eigenvalue weighted by atomic mass is 16.2. The number of rotatable bonds is 2. The van der Waals surface area contributed by atoms with E-state index >= 15 is 0 Å². The number of carbonyl (C=O) groups excluding carboxylic acids is 2. The van der Waals surface area contributed by atoms with Crippen LogP contribution in [0.25, 0.3) is 0 Å². The van der Waals surface area contributed by atoms with Gasteiger partial charge < -0.3 is 5.32 Å². The van der Waals surface area contributed by atoms with Gasteiger partial charge in [0.15, 0.2) is 0 Å². The molecule has 1 atom stereocenters. The van der Waals surface area contributed by atoms with Gasteiger partial charge in [-0.15, -0.1) is 0 Å². The van der Waals surface area contributed by atoms with E-state index in [1.54, 1.807) is 26.2 Å². The largest absolute Gasteiger partial charge is 0.340 e. The molecule has 1 N–H and O–H groups in total. The van der Waals surface area contributed by atoms with Crippen molar-refractivity contribution >= 4 is 17.5 Å². The third-order valence-electron chi connectivity index (χ3n) is 3.19. The highest BCUT2D eigenvalue weighted by Gasteiger charge is 2.47. The first-order chi connectivity index (χ1) is 8.84. The van der Waals surface area contributed by atoms with Crippen LogP contribution in [0.5, 0.6) is 0 Å². The summed E-state index contributed by atoms with van der Waals surface area (Å²) in [6.45, 7) is 7.21. The van der Waals surface area contributed by atoms with E-state index in [-0.39, 0.29) is 17.7 Å². The Labute approximate surface area is 112 Å². The summed E-state index contributed by atoms with van der Waals surface area (Å²) in [5, 5.41) is 2.77. The Morgan fingerprint density at radius 3 is 2.37 bits per heavy atom. The second-order valence-electron chi connectivity index (χ2n) is 5.57. The number of nitrogens with zero attached hydrogens (tertiary/aromatic N) is 3. The summed E-state index contributed by atoms with van der Waals surface area (Å²) in [5.41, 5.74) is -0.368. The van der Waals surface area contributed by atoms with Crippen LogP contribution in [0.2, 0.25) is 0 Å². The van der Waals surface area contributed by atoms with E-state index < -0.39 is 11.6 Å². The van der Waals surface area contributed by atoms with Gasteiger partial charge in [0.05, 0.1) is 18.1 Å². The van der Waals surface area contributed by atoms with Gasteiger partial charge in [0.25, 0.3) is 5.91 Å². The molecule has 0 spiro atoms. The lowest BCUT2D eigenvalue weighted by Gasteiger charge is -2.43. The van der Waals surface area contributed by atoms with Crippen LogP contribution in [0.4, 0.5) is 5.69 Å². The van der Waals surface area contributed by atoms with Gasteiger partial charge in [-0.1, -0.05) is 13.8 Å². The number of aromatic nitrogens is 2. The third-order valence-corrected chi connectivity index (χ3v) is 3.19. The van der Waals surface area contributed by atoms with Crippen LogP contribution in [0.15, 0.2) is 18.7 Å². The number of amides is 2. The number of hydrogen-bond donors (Lipinski definition) is 1. The fraction of sp³-hybridized carbons (Fsp3) is 0.538. The van der Waals surface area contributed by atoms with Gasteiger partial charge in [0, 0.05) is 0 Å². The van der Waals surface area contributed by atoms with Crippen molar-refractivity contribution in [1.29, 1.82) is 0 Å². The zero-order valence-corrected chi connectivity index (χ0v) is 11.5. The molecule has 0 radical (unpaired) electrons. The summed E-state index contributed by atoms with van der Waals surface area (Å²) < 4.78 is 0. The maximum atomic E-state index is 12.6. The molecule has 6 nitrogen and oxygen atoms in total. The Bertz CT molecular complexity index is 499. The molecule has 1 aromatic heterocycles. The summed E-state index contributed by atoms with van der Waals surface area (Å²) in [6.07, 6.45) is 4.50. The Morgan fingerprint density at radius 1 is 1.26 bits per heavy atom. The van der Waals surface area contributed by atoms with Crippen LogP contribution >= 0.6 is 0 Å². The lowest BCUT2D eigenvalue weighted by atomic mass is 9.91. The van der Waals surface area contributed by atoms with Crippen molar-refractivity contribution in [2.45, 2.75) is 39.3 Å². The molecular weight excluding hydrogens is 244 g/mol. The van der Waals surface area contributed by atoms with Gasteiger partial charge >= 0.3 is 0 Å². The van der Waals surface area contributed by atoms with Gasteiger partial charge in [0.1, 0.15) is 17.9 Å². The normalized spacial score (nSPS) is 22.6. The van der Waals surface area contributed by atoms with Gasteiger partial charge in [-0.25, -0.2) is 9.97 Å². The summed E-state index contributed by atoms with van der Waals surface area (Å²) in [4.78, 5) is 34.2. The zero-order chi connectivity index (χ0) is 14.2. The SMILES string of the molecule is CC(C)C1C(=O)NC(C)(C)C(=O)N1c1cncnc1. The second kappa shape index (κ2) is 4.60. The highest BCUT2D eigenvalue weighted by Crippen LogP contribution is 2.27. The van der Waals surface area contributed by atoms with Gasteiger partial charge in [-0.2, -0.15) is 0 Å². The molecule has 102 valence electrons. The first-order valence-electron chi connectivity index (χ1n) is 6.25. The van der Waals surface area contributed by atoms with E-state index in [2.05, 4.69) is 15.3 Å². The Kier molecular flexibility index (Phi) is 3.26. The van der Waals surface area contributed by atoms with Crippen LogP contribution in [0.3, 0.4) is 0 Å². The van der Waals surface area contributed by atoms with E-state index in [1.807, 2.05) is 13.8 Å². The van der Waals surface area contributed by atoms with Crippen LogP contribution in [0.1, 0.15) is 27.7 Å². The zero-order valence-electron chi connectivity index (χ0n) is 11.5. The average molecular weight is 262 g/mol. The first kappa shape index (κ1) is 13.5. The first-order valence-corrected chi connectivity index (χ1v) is 6.25. The number of carbonyl (C=O) groups is 2. The standard InChI is InChI=1S/C13H18N4O2/c1-8(2)10-11(18)16-13(3,4)12(19)17(10)9-5-14-7-15-6-9/h5-8,10H,1-4H3,(H,16,18). The molecule has 0 aromatic carbocycles. The van der Waals surface area contributed by atoms with Gasteiger partial charge in [0.2, 0.25) is 5.91 Å². The van der Waals surface area contributed by atoms with E-state index in [0.29, 0.717) is 5.69 Å². The molecule has 0 bridgehead atoms. The average Bonchev–Trinajstić information content (AvgIpc) is 2.33. The van der Waals surface area contributed by atoms with Crippen LogP contribution < -0.4 is 10.2 Å². The van der Waals surface area contributed by atoms with Crippen molar-refractivity contribution < 1.29 is 9.59 Å². The summed E-state index contributed by atoms with van der Waals surface area (Å²) >= 11 is 0. The van der Waals surface area contributed by atoms with Gasteiger partial charge in [-0.05, 0) is 19.8 Å². The Balaban J connectivity index is 2.50. The maximum Gasteiger partial charge on any atom is 0.253 e. The fourth-order valence-electron chi connectivity index (χ4n) is 2.27. The summed E-state index contributed by atoms with van der Waals surface area (Å²) in [7, 11) is 0. The van der Waals surface area contributed by atoms with Crippen molar-refractivity contribution in [3.8, 4) is 0 Å². The lowest BCUT2D eigenvalue weighted by Crippen LogP contribution is -2.69. The van der Waals surface area contributed by atoms with Crippen LogP contribution in [0, 0.1) is 5.92 Å². The minimum Gasteiger partial charge on any atom is -0.340 e. The molecule has 1 aliphatic rings. The molecule has 2 rings (SSSR count). The van der Waals surface area contributed by atoms with Crippen molar-refractivity contribution in [2.75, 3.05) is 4.90 Å². The Morgan fingerprint density at radius 2 is 1.84 bits per heavy atom. The monoisotopic (exact) mass is 262 g/mol. The van der Waals surface area contributed by atoms with Crippen LogP contribution in [-0.2, 0) is 9.59 Å². The molecule has 19 heavy (non-hydrogen) atoms. The molecule has 1 fully saturated rings. The minimum atomic E-state index is -0.918. The molecular formula is C13H18N4O2. The van der Waals surface area contributed by atoms with Crippen molar-refractivity contribution in [3.63, 3.8) is 0 Å². The molecule has 1 unspecified atom stereocenters. The molecule has 2 heterocycles. The number of nitrogens with one attached hydrogen (secondary N) is 1. The van der Waals surface area contributed by atoms with Crippen molar-refractivity contribution in [3.05, 3.63) is 18.7 Å². The molecule has 6 heteroatoms. The molecule has 2 amide bonds. The Hall–Kier alpha value is -1.98. The van der Waals surface area contributed by atoms with E-state index in [0.717, 1.165) is 0 Å². The fourth-order valence-corrected chi connectivity index (χ4v) is 2.27. The van der Waals surface area contributed by atoms with Crippen LogP contribution in [-0.4, -0.2) is 33.4 Å². The molecule has 1 aliphatic heterocycles. The summed E-state index contributed by atoms with van der Waals surface area (Å²) in [5.74, 6) is -0.302. The lowest BCUT2D eigenvalue weighted by molar-refractivity contribution is -0.138. The number of anilines is 1. The van der Waals surface area contributed by atoms with E-state index in [1.165, 1.54) is 11.2 Å². The van der Waals surface area contributed by atoms with Gasteiger partial charge in [-0.3, -0.25) is 14.5 Å². The van der Waals surface area contributed by atoms with Crippen molar-refractivity contribution in [1.82, 2.24) is 15.3 Å². The molecule has 1 aromatic rings. The molecule has 1 saturated heterocycles. The topological polar surface area (TPSA) is 75.2 Å². The molecule has 0 saturated carbocycles. The molecule has 0 aliphatic carbocycles. The third kappa shape index (κ3) is 2.30. The predicted molar refractivity (Wildman–Crippen MR) is 70.4 cm³/mol. The predicted octanol–water partition coefficient (Wildman–Crippen LogP) is 0.743. The van der Waals surface area contributed by atoms with Crippen molar-refractivity contribution in [2.24, 2.45) is 5.92 Å². The minimum absolute atomic E-state index is 0.000237. The highest BCUT2D eigenvalue weighted by molar-refractivity contribution is 6.10. The summed E-state index contributed by atoms with van der Waals surface area (Å²) in [6, 6.07) is -0.536. The number of hydrogen-bond acceptors (Lipinski definition) is 4. The van der Waals surface area contributed by atoms with E-state index in [9.17, 15) is 9.59 Å². The number of piperazine rings is 1. The smallest absolute Gasteiger partial charge is 0.253 e. The quantitative estimate of drug-likeness (QED) is 0.853. The van der Waals surface area contributed by atoms with E-state index in [4.69, 9.17) is 0 Å².